The zero-order valence-corrected chi connectivity index (χ0v) is 18.4. The van der Waals surface area contributed by atoms with Crippen LogP contribution in [-0.4, -0.2) is 58.3 Å². The summed E-state index contributed by atoms with van der Waals surface area (Å²) in [7, 11) is 0. The molecule has 1 heterocycles. The van der Waals surface area contributed by atoms with E-state index < -0.39 is 48.0 Å². The number of carbonyl (C=O) groups is 3. The average molecular weight is 425 g/mol. The van der Waals surface area contributed by atoms with Crippen molar-refractivity contribution in [2.75, 3.05) is 6.61 Å². The number of hydrogen-bond acceptors (Lipinski definition) is 7. The lowest BCUT2D eigenvalue weighted by molar-refractivity contribution is -0.155. The molecule has 1 aliphatic rings. The number of aldehydes is 1. The summed E-state index contributed by atoms with van der Waals surface area (Å²) in [5, 5.41) is 30.9. The predicted molar refractivity (Wildman–Crippen MR) is 112 cm³/mol. The summed E-state index contributed by atoms with van der Waals surface area (Å²) in [5.41, 5.74) is 0.745. The summed E-state index contributed by atoms with van der Waals surface area (Å²) in [5.74, 6) is -2.82. The van der Waals surface area contributed by atoms with Crippen LogP contribution in [0, 0.1) is 23.7 Å². The minimum Gasteiger partial charge on any atom is -0.462 e. The quantitative estimate of drug-likeness (QED) is 0.466. The zero-order valence-electron chi connectivity index (χ0n) is 18.4. The summed E-state index contributed by atoms with van der Waals surface area (Å²) in [6, 6.07) is 0. The highest BCUT2D eigenvalue weighted by Crippen LogP contribution is 2.27. The number of carbonyl (C=O) groups excluding carboxylic acids is 3. The fourth-order valence-corrected chi connectivity index (χ4v) is 3.82. The van der Waals surface area contributed by atoms with E-state index in [0.717, 1.165) is 5.57 Å². The number of cyclic esters (lactones) is 1. The molecular weight excluding hydrogens is 388 g/mol. The SMILES string of the molecule is CC[C@H]1OC(=O)C[C@@H](O)[C@H](C)[C@@H](O)C(CC=O)C[C@@H](C)C(=O)/C=C/C(C)=C/[C@@H]1CO. The van der Waals surface area contributed by atoms with E-state index in [1.165, 1.54) is 6.08 Å². The highest BCUT2D eigenvalue weighted by atomic mass is 16.5. The second-order valence-electron chi connectivity index (χ2n) is 8.35. The van der Waals surface area contributed by atoms with Crippen LogP contribution in [0.5, 0.6) is 0 Å². The Balaban J connectivity index is 3.26. The third kappa shape index (κ3) is 7.78. The first-order valence-corrected chi connectivity index (χ1v) is 10.6. The third-order valence-electron chi connectivity index (χ3n) is 5.91. The van der Waals surface area contributed by atoms with Crippen molar-refractivity contribution < 1.29 is 34.4 Å². The summed E-state index contributed by atoms with van der Waals surface area (Å²) in [6.07, 6.45) is 3.26. The Hall–Kier alpha value is -1.83. The van der Waals surface area contributed by atoms with Gasteiger partial charge in [0.05, 0.1) is 25.2 Å². The molecule has 0 amide bonds. The molecule has 170 valence electrons. The first kappa shape index (κ1) is 26.2. The molecule has 0 radical (unpaired) electrons. The van der Waals surface area contributed by atoms with E-state index in [4.69, 9.17) is 4.74 Å². The number of ketones is 1. The Labute approximate surface area is 178 Å². The van der Waals surface area contributed by atoms with Gasteiger partial charge in [-0.2, -0.15) is 0 Å². The van der Waals surface area contributed by atoms with Crippen molar-refractivity contribution in [3.05, 3.63) is 23.8 Å². The molecule has 0 fully saturated rings. The maximum atomic E-state index is 12.5. The number of rotatable bonds is 4. The van der Waals surface area contributed by atoms with Crippen molar-refractivity contribution in [3.8, 4) is 0 Å². The normalized spacial score (nSPS) is 37.7. The lowest BCUT2D eigenvalue weighted by Gasteiger charge is -2.31. The van der Waals surface area contributed by atoms with Gasteiger partial charge in [-0.05, 0) is 31.8 Å². The predicted octanol–water partition coefficient (Wildman–Crippen LogP) is 1.98. The molecule has 0 aromatic carbocycles. The number of esters is 1. The van der Waals surface area contributed by atoms with E-state index >= 15 is 0 Å². The van der Waals surface area contributed by atoms with Gasteiger partial charge in [-0.1, -0.05) is 38.5 Å². The van der Waals surface area contributed by atoms with E-state index in [2.05, 4.69) is 0 Å². The van der Waals surface area contributed by atoms with Gasteiger partial charge in [0.25, 0.3) is 0 Å². The second-order valence-corrected chi connectivity index (χ2v) is 8.35. The van der Waals surface area contributed by atoms with Crippen molar-refractivity contribution in [1.29, 1.82) is 0 Å². The van der Waals surface area contributed by atoms with Gasteiger partial charge < -0.3 is 24.9 Å². The summed E-state index contributed by atoms with van der Waals surface area (Å²) in [4.78, 5) is 36.0. The van der Waals surface area contributed by atoms with E-state index in [1.807, 2.05) is 6.92 Å². The molecule has 1 aliphatic heterocycles. The van der Waals surface area contributed by atoms with Gasteiger partial charge in [0.1, 0.15) is 12.4 Å². The van der Waals surface area contributed by atoms with Gasteiger partial charge in [0, 0.05) is 24.2 Å². The van der Waals surface area contributed by atoms with Crippen molar-refractivity contribution in [1.82, 2.24) is 0 Å². The minimum absolute atomic E-state index is 0.0546. The largest absolute Gasteiger partial charge is 0.462 e. The van der Waals surface area contributed by atoms with Gasteiger partial charge in [0.15, 0.2) is 5.78 Å². The maximum Gasteiger partial charge on any atom is 0.308 e. The molecule has 0 aromatic heterocycles. The van der Waals surface area contributed by atoms with Crippen LogP contribution in [-0.2, 0) is 19.1 Å². The Morgan fingerprint density at radius 3 is 2.43 bits per heavy atom. The Bertz CT molecular complexity index is 639. The van der Waals surface area contributed by atoms with Gasteiger partial charge in [-0.3, -0.25) is 9.59 Å². The van der Waals surface area contributed by atoms with E-state index in [0.29, 0.717) is 12.7 Å². The standard InChI is InChI=1S/C23H36O7/c1-5-21-18(13-25)10-14(2)6-7-19(26)15(3)11-17(8-9-24)23(29)16(4)20(27)12-22(28)30-21/h6-7,9-10,15-18,20-21,23,25,27,29H,5,8,11-13H2,1-4H3/b7-6+,14-10+/t15-,16+,17?,18-,20-,21-,23-/m1/s1. The first-order valence-electron chi connectivity index (χ1n) is 10.6. The molecule has 0 spiro atoms. The monoisotopic (exact) mass is 424 g/mol. The molecule has 0 saturated carbocycles. The number of aliphatic hydroxyl groups is 3. The molecular formula is C23H36O7. The minimum atomic E-state index is -1.16. The second kappa shape index (κ2) is 12.8. The van der Waals surface area contributed by atoms with Crippen molar-refractivity contribution in [2.24, 2.45) is 23.7 Å². The topological polar surface area (TPSA) is 121 Å². The van der Waals surface area contributed by atoms with Crippen LogP contribution in [0.25, 0.3) is 0 Å². The Morgan fingerprint density at radius 1 is 1.20 bits per heavy atom. The number of aliphatic hydroxyl groups excluding tert-OH is 3. The van der Waals surface area contributed by atoms with Gasteiger partial charge in [-0.25, -0.2) is 0 Å². The lowest BCUT2D eigenvalue weighted by atomic mass is 9.80. The molecule has 1 rings (SSSR count). The highest BCUT2D eigenvalue weighted by molar-refractivity contribution is 5.91. The molecule has 30 heavy (non-hydrogen) atoms. The molecule has 0 saturated heterocycles. The third-order valence-corrected chi connectivity index (χ3v) is 5.91. The van der Waals surface area contributed by atoms with Crippen LogP contribution >= 0.6 is 0 Å². The summed E-state index contributed by atoms with van der Waals surface area (Å²) in [6.45, 7) is 6.73. The van der Waals surface area contributed by atoms with Crippen LogP contribution in [0.2, 0.25) is 0 Å². The lowest BCUT2D eigenvalue weighted by Crippen LogP contribution is -2.38. The Kier molecular flexibility index (Phi) is 11.2. The van der Waals surface area contributed by atoms with Gasteiger partial charge >= 0.3 is 5.97 Å². The van der Waals surface area contributed by atoms with Crippen LogP contribution in [0.1, 0.15) is 53.4 Å². The molecule has 0 bridgehead atoms. The van der Waals surface area contributed by atoms with Crippen molar-refractivity contribution in [2.45, 2.75) is 71.7 Å². The fourth-order valence-electron chi connectivity index (χ4n) is 3.82. The average Bonchev–Trinajstić information content (AvgIpc) is 2.71. The van der Waals surface area contributed by atoms with Gasteiger partial charge in [-0.15, -0.1) is 0 Å². The fraction of sp³-hybridized carbons (Fsp3) is 0.696. The molecule has 7 nitrogen and oxygen atoms in total. The zero-order chi connectivity index (χ0) is 22.8. The maximum absolute atomic E-state index is 12.5. The molecule has 3 N–H and O–H groups in total. The first-order chi connectivity index (χ1) is 14.1. The summed E-state index contributed by atoms with van der Waals surface area (Å²) >= 11 is 0. The molecule has 0 aromatic rings. The van der Waals surface area contributed by atoms with E-state index in [1.54, 1.807) is 32.9 Å². The van der Waals surface area contributed by atoms with Crippen LogP contribution < -0.4 is 0 Å². The molecule has 1 unspecified atom stereocenters. The van der Waals surface area contributed by atoms with E-state index in [9.17, 15) is 29.7 Å². The number of hydrogen-bond donors (Lipinski definition) is 3. The van der Waals surface area contributed by atoms with E-state index in [-0.39, 0.29) is 31.7 Å². The molecule has 0 aliphatic carbocycles. The number of ether oxygens (including phenoxy) is 1. The van der Waals surface area contributed by atoms with Crippen LogP contribution in [0.4, 0.5) is 0 Å². The summed E-state index contributed by atoms with van der Waals surface area (Å²) < 4.78 is 5.49. The van der Waals surface area contributed by atoms with Crippen LogP contribution in [0.15, 0.2) is 23.8 Å². The van der Waals surface area contributed by atoms with Gasteiger partial charge in [0.2, 0.25) is 0 Å². The van der Waals surface area contributed by atoms with Crippen molar-refractivity contribution >= 4 is 18.0 Å². The van der Waals surface area contributed by atoms with Crippen LogP contribution in [0.3, 0.4) is 0 Å². The smallest absolute Gasteiger partial charge is 0.308 e. The Morgan fingerprint density at radius 2 is 1.87 bits per heavy atom. The number of allylic oxidation sites excluding steroid dienone is 3. The molecule has 7 atom stereocenters. The highest BCUT2D eigenvalue weighted by Gasteiger charge is 2.33. The molecule has 7 heteroatoms. The van der Waals surface area contributed by atoms with Crippen molar-refractivity contribution in [3.63, 3.8) is 0 Å².